The number of hydrazine groups is 1. The molecule has 1 aliphatic rings. The molecule has 0 aliphatic carbocycles. The van der Waals surface area contributed by atoms with Crippen molar-refractivity contribution in [3.05, 3.63) is 65.4 Å². The van der Waals surface area contributed by atoms with Crippen LogP contribution in [0.5, 0.6) is 5.75 Å². The average Bonchev–Trinajstić information content (AvgIpc) is 3.21. The van der Waals surface area contributed by atoms with Crippen molar-refractivity contribution in [1.82, 2.24) is 10.9 Å². The number of hydrogen-bond donors (Lipinski definition) is 2. The summed E-state index contributed by atoms with van der Waals surface area (Å²) in [4.78, 5) is 24.5. The van der Waals surface area contributed by atoms with Crippen LogP contribution in [0, 0.1) is 6.92 Å². The number of nitrogens with one attached hydrogen (secondary N) is 2. The van der Waals surface area contributed by atoms with E-state index >= 15 is 0 Å². The number of para-hydroxylation sites is 2. The molecule has 2 heterocycles. The lowest BCUT2D eigenvalue weighted by Gasteiger charge is -2.11. The highest BCUT2D eigenvalue weighted by atomic mass is 16.5. The van der Waals surface area contributed by atoms with Crippen LogP contribution in [0.25, 0.3) is 11.0 Å². The monoisotopic (exact) mass is 336 g/mol. The van der Waals surface area contributed by atoms with Crippen LogP contribution in [0.4, 0.5) is 0 Å². The zero-order valence-electron chi connectivity index (χ0n) is 13.5. The summed E-state index contributed by atoms with van der Waals surface area (Å²) in [7, 11) is 0. The third kappa shape index (κ3) is 2.71. The molecule has 0 fully saturated rings. The van der Waals surface area contributed by atoms with E-state index in [0.29, 0.717) is 17.8 Å². The SMILES string of the molecule is Cc1c(C(=O)NNC(=O)[C@H]2Cc3ccccc3O2)oc2ccccc12. The fraction of sp³-hybridized carbons (Fsp3) is 0.158. The number of rotatable bonds is 2. The van der Waals surface area contributed by atoms with Crippen LogP contribution < -0.4 is 15.6 Å². The summed E-state index contributed by atoms with van der Waals surface area (Å²) in [5, 5.41) is 0.869. The van der Waals surface area contributed by atoms with Crippen LogP contribution in [-0.4, -0.2) is 17.9 Å². The number of benzene rings is 2. The molecule has 25 heavy (non-hydrogen) atoms. The predicted octanol–water partition coefficient (Wildman–Crippen LogP) is 2.51. The maximum Gasteiger partial charge on any atom is 0.305 e. The number of fused-ring (bicyclic) bond motifs is 2. The average molecular weight is 336 g/mol. The van der Waals surface area contributed by atoms with E-state index in [-0.39, 0.29) is 5.76 Å². The van der Waals surface area contributed by atoms with Gasteiger partial charge in [-0.1, -0.05) is 36.4 Å². The standard InChI is InChI=1S/C19H16N2O4/c1-11-13-7-3-5-9-15(13)25-17(11)19(23)21-20-18(22)16-10-12-6-2-4-8-14(12)24-16/h2-9,16H,10H2,1H3,(H,20,22)(H,21,23)/t16-/m1/s1. The van der Waals surface area contributed by atoms with Gasteiger partial charge < -0.3 is 9.15 Å². The molecule has 2 N–H and O–H groups in total. The number of aryl methyl sites for hydroxylation is 1. The highest BCUT2D eigenvalue weighted by Gasteiger charge is 2.29. The van der Waals surface area contributed by atoms with E-state index in [1.807, 2.05) is 42.5 Å². The minimum Gasteiger partial charge on any atom is -0.480 e. The number of carbonyl (C=O) groups excluding carboxylic acids is 2. The third-order valence-corrected chi connectivity index (χ3v) is 4.29. The largest absolute Gasteiger partial charge is 0.480 e. The molecular formula is C19H16N2O4. The summed E-state index contributed by atoms with van der Waals surface area (Å²) in [5.41, 5.74) is 7.13. The Morgan fingerprint density at radius 2 is 1.80 bits per heavy atom. The Bertz CT molecular complexity index is 951. The lowest BCUT2D eigenvalue weighted by Crippen LogP contribution is -2.47. The van der Waals surface area contributed by atoms with E-state index in [0.717, 1.165) is 16.5 Å². The summed E-state index contributed by atoms with van der Waals surface area (Å²) in [6.07, 6.45) is -0.184. The van der Waals surface area contributed by atoms with E-state index < -0.39 is 17.9 Å². The minimum atomic E-state index is -0.658. The Morgan fingerprint density at radius 3 is 2.60 bits per heavy atom. The van der Waals surface area contributed by atoms with Crippen LogP contribution in [0.1, 0.15) is 21.7 Å². The molecule has 6 nitrogen and oxygen atoms in total. The van der Waals surface area contributed by atoms with Gasteiger partial charge in [0.1, 0.15) is 11.3 Å². The first-order valence-corrected chi connectivity index (χ1v) is 7.96. The van der Waals surface area contributed by atoms with Gasteiger partial charge in [0.2, 0.25) is 0 Å². The molecule has 2 aromatic carbocycles. The Balaban J connectivity index is 1.42. The molecule has 126 valence electrons. The summed E-state index contributed by atoms with van der Waals surface area (Å²) in [6, 6.07) is 14.9. The first-order chi connectivity index (χ1) is 12.1. The highest BCUT2D eigenvalue weighted by Crippen LogP contribution is 2.28. The summed E-state index contributed by atoms with van der Waals surface area (Å²) < 4.78 is 11.2. The van der Waals surface area contributed by atoms with Crippen molar-refractivity contribution in [2.75, 3.05) is 0 Å². The van der Waals surface area contributed by atoms with E-state index in [2.05, 4.69) is 10.9 Å². The van der Waals surface area contributed by atoms with Gasteiger partial charge in [-0.15, -0.1) is 0 Å². The van der Waals surface area contributed by atoms with Gasteiger partial charge in [0, 0.05) is 17.4 Å². The van der Waals surface area contributed by atoms with E-state index in [1.165, 1.54) is 0 Å². The normalized spacial score (nSPS) is 15.5. The van der Waals surface area contributed by atoms with Crippen molar-refractivity contribution in [3.8, 4) is 5.75 Å². The lowest BCUT2D eigenvalue weighted by molar-refractivity contribution is -0.128. The lowest BCUT2D eigenvalue weighted by atomic mass is 10.1. The number of amides is 2. The molecule has 0 spiro atoms. The van der Waals surface area contributed by atoms with Gasteiger partial charge in [-0.3, -0.25) is 20.4 Å². The zero-order valence-corrected chi connectivity index (χ0v) is 13.5. The first kappa shape index (κ1) is 15.3. The van der Waals surface area contributed by atoms with Crippen LogP contribution in [-0.2, 0) is 11.2 Å². The third-order valence-electron chi connectivity index (χ3n) is 4.29. The zero-order chi connectivity index (χ0) is 17.4. The fourth-order valence-electron chi connectivity index (χ4n) is 2.97. The number of carbonyl (C=O) groups is 2. The molecule has 1 aliphatic heterocycles. The van der Waals surface area contributed by atoms with Crippen molar-refractivity contribution in [1.29, 1.82) is 0 Å². The maximum atomic E-state index is 12.3. The van der Waals surface area contributed by atoms with Gasteiger partial charge in [-0.05, 0) is 24.6 Å². The first-order valence-electron chi connectivity index (χ1n) is 7.96. The minimum absolute atomic E-state index is 0.178. The van der Waals surface area contributed by atoms with Gasteiger partial charge in [-0.2, -0.15) is 0 Å². The molecule has 6 heteroatoms. The Kier molecular flexibility index (Phi) is 3.65. The molecule has 4 rings (SSSR count). The number of ether oxygens (including phenoxy) is 1. The molecule has 1 atom stereocenters. The smallest absolute Gasteiger partial charge is 0.305 e. The number of furan rings is 1. The second-order valence-electron chi connectivity index (χ2n) is 5.91. The summed E-state index contributed by atoms with van der Waals surface area (Å²) >= 11 is 0. The number of hydrogen-bond acceptors (Lipinski definition) is 4. The van der Waals surface area contributed by atoms with Gasteiger partial charge in [0.25, 0.3) is 5.91 Å². The Labute approximate surface area is 143 Å². The molecule has 1 aromatic heterocycles. The molecule has 0 saturated carbocycles. The van der Waals surface area contributed by atoms with Crippen molar-refractivity contribution in [2.45, 2.75) is 19.4 Å². The second-order valence-corrected chi connectivity index (χ2v) is 5.91. The Hall–Kier alpha value is -3.28. The molecule has 3 aromatic rings. The van der Waals surface area contributed by atoms with Gasteiger partial charge in [0.05, 0.1) is 0 Å². The van der Waals surface area contributed by atoms with Gasteiger partial charge >= 0.3 is 5.91 Å². The quantitative estimate of drug-likeness (QED) is 0.705. The van der Waals surface area contributed by atoms with E-state index in [9.17, 15) is 9.59 Å². The molecular weight excluding hydrogens is 320 g/mol. The van der Waals surface area contributed by atoms with Crippen LogP contribution in [0.15, 0.2) is 52.9 Å². The van der Waals surface area contributed by atoms with Crippen molar-refractivity contribution in [3.63, 3.8) is 0 Å². The van der Waals surface area contributed by atoms with Crippen molar-refractivity contribution >= 4 is 22.8 Å². The van der Waals surface area contributed by atoms with Crippen LogP contribution >= 0.6 is 0 Å². The van der Waals surface area contributed by atoms with Crippen molar-refractivity contribution in [2.24, 2.45) is 0 Å². The van der Waals surface area contributed by atoms with Gasteiger partial charge in [0.15, 0.2) is 11.9 Å². The van der Waals surface area contributed by atoms with Crippen LogP contribution in [0.3, 0.4) is 0 Å². The summed E-state index contributed by atoms with van der Waals surface area (Å²) in [6.45, 7) is 1.80. The Morgan fingerprint density at radius 1 is 1.04 bits per heavy atom. The molecule has 0 saturated heterocycles. The van der Waals surface area contributed by atoms with Crippen molar-refractivity contribution < 1.29 is 18.7 Å². The molecule has 0 unspecified atom stereocenters. The summed E-state index contributed by atoms with van der Waals surface area (Å²) in [5.74, 6) is -0.0323. The molecule has 0 radical (unpaired) electrons. The fourth-order valence-corrected chi connectivity index (χ4v) is 2.97. The molecule has 0 bridgehead atoms. The second kappa shape index (κ2) is 5.98. The topological polar surface area (TPSA) is 80.6 Å². The molecule has 2 amide bonds. The maximum absolute atomic E-state index is 12.3. The van der Waals surface area contributed by atoms with Crippen LogP contribution in [0.2, 0.25) is 0 Å². The van der Waals surface area contributed by atoms with E-state index in [4.69, 9.17) is 9.15 Å². The predicted molar refractivity (Wildman–Crippen MR) is 91.1 cm³/mol. The van der Waals surface area contributed by atoms with E-state index in [1.54, 1.807) is 13.0 Å². The van der Waals surface area contributed by atoms with Gasteiger partial charge in [-0.25, -0.2) is 0 Å². The highest BCUT2D eigenvalue weighted by molar-refractivity contribution is 5.99.